The maximum Gasteiger partial charge on any atom is 0.230 e. The van der Waals surface area contributed by atoms with Gasteiger partial charge in [-0.25, -0.2) is 0 Å². The number of aliphatic hydroxyl groups is 1. The predicted octanol–water partition coefficient (Wildman–Crippen LogP) is 3.44. The predicted molar refractivity (Wildman–Crippen MR) is 90.7 cm³/mol. The van der Waals surface area contributed by atoms with Gasteiger partial charge in [0.1, 0.15) is 0 Å². The van der Waals surface area contributed by atoms with Crippen LogP contribution in [-0.4, -0.2) is 29.4 Å². The Kier molecular flexibility index (Phi) is 6.14. The third-order valence-corrected chi connectivity index (χ3v) is 6.07. The fourth-order valence-electron chi connectivity index (χ4n) is 2.75. The van der Waals surface area contributed by atoms with Crippen molar-refractivity contribution in [3.63, 3.8) is 0 Å². The highest BCUT2D eigenvalue weighted by molar-refractivity contribution is 9.10. The van der Waals surface area contributed by atoms with Crippen molar-refractivity contribution in [3.8, 4) is 0 Å². The third kappa shape index (κ3) is 4.47. The molecule has 1 fully saturated rings. The van der Waals surface area contributed by atoms with Crippen molar-refractivity contribution in [1.82, 2.24) is 5.32 Å². The lowest BCUT2D eigenvalue weighted by molar-refractivity contribution is -0.119. The molecule has 0 aromatic heterocycles. The van der Waals surface area contributed by atoms with Gasteiger partial charge >= 0.3 is 0 Å². The van der Waals surface area contributed by atoms with Crippen LogP contribution < -0.4 is 5.32 Å². The van der Waals surface area contributed by atoms with Crippen LogP contribution in [0.2, 0.25) is 0 Å². The van der Waals surface area contributed by atoms with Crippen molar-refractivity contribution in [2.24, 2.45) is 5.92 Å². The van der Waals surface area contributed by atoms with Gasteiger partial charge in [0.25, 0.3) is 0 Å². The molecule has 1 aromatic rings. The SMILES string of the molecule is Cc1cc(SCC(=O)NC2CCCC2CO)c(C)cc1Br. The Morgan fingerprint density at radius 1 is 1.38 bits per heavy atom. The number of rotatable bonds is 5. The van der Waals surface area contributed by atoms with Gasteiger partial charge in [-0.3, -0.25) is 4.79 Å². The van der Waals surface area contributed by atoms with E-state index in [4.69, 9.17) is 0 Å². The number of aliphatic hydroxyl groups excluding tert-OH is 1. The van der Waals surface area contributed by atoms with Crippen molar-refractivity contribution in [2.45, 2.75) is 44.0 Å². The number of carbonyl (C=O) groups is 1. The molecule has 1 saturated carbocycles. The molecule has 1 aliphatic rings. The van der Waals surface area contributed by atoms with Crippen LogP contribution in [0.15, 0.2) is 21.5 Å². The van der Waals surface area contributed by atoms with Crippen molar-refractivity contribution in [3.05, 3.63) is 27.7 Å². The molecule has 0 aliphatic heterocycles. The molecule has 1 amide bonds. The van der Waals surface area contributed by atoms with Crippen LogP contribution in [0.1, 0.15) is 30.4 Å². The van der Waals surface area contributed by atoms with Crippen LogP contribution in [0.5, 0.6) is 0 Å². The summed E-state index contributed by atoms with van der Waals surface area (Å²) in [5.41, 5.74) is 2.36. The topological polar surface area (TPSA) is 49.3 Å². The van der Waals surface area contributed by atoms with E-state index in [1.807, 2.05) is 0 Å². The Morgan fingerprint density at radius 3 is 2.86 bits per heavy atom. The van der Waals surface area contributed by atoms with E-state index >= 15 is 0 Å². The van der Waals surface area contributed by atoms with Crippen molar-refractivity contribution in [1.29, 1.82) is 0 Å². The van der Waals surface area contributed by atoms with E-state index in [0.29, 0.717) is 5.75 Å². The van der Waals surface area contributed by atoms with E-state index in [0.717, 1.165) is 28.6 Å². The number of aryl methyl sites for hydroxylation is 2. The Bertz CT molecular complexity index is 521. The first kappa shape index (κ1) is 16.8. The molecular weight excluding hydrogens is 350 g/mol. The molecule has 3 nitrogen and oxygen atoms in total. The largest absolute Gasteiger partial charge is 0.396 e. The molecule has 1 aliphatic carbocycles. The molecule has 0 heterocycles. The summed E-state index contributed by atoms with van der Waals surface area (Å²) in [7, 11) is 0. The second-order valence-corrected chi connectivity index (χ2v) is 7.57. The summed E-state index contributed by atoms with van der Waals surface area (Å²) in [6, 6.07) is 4.36. The van der Waals surface area contributed by atoms with Crippen LogP contribution in [0.4, 0.5) is 0 Å². The van der Waals surface area contributed by atoms with Gasteiger partial charge in [-0.05, 0) is 49.9 Å². The lowest BCUT2D eigenvalue weighted by Crippen LogP contribution is -2.39. The molecule has 1 aromatic carbocycles. The maximum atomic E-state index is 12.1. The normalized spacial score (nSPS) is 21.5. The minimum absolute atomic E-state index is 0.0605. The lowest BCUT2D eigenvalue weighted by atomic mass is 10.1. The smallest absolute Gasteiger partial charge is 0.230 e. The van der Waals surface area contributed by atoms with Gasteiger partial charge in [0.05, 0.1) is 5.75 Å². The van der Waals surface area contributed by atoms with Crippen LogP contribution >= 0.6 is 27.7 Å². The highest BCUT2D eigenvalue weighted by atomic mass is 79.9. The molecule has 2 atom stereocenters. The zero-order valence-electron chi connectivity index (χ0n) is 12.5. The molecule has 2 N–H and O–H groups in total. The van der Waals surface area contributed by atoms with Gasteiger partial charge in [-0.2, -0.15) is 0 Å². The fourth-order valence-corrected chi connectivity index (χ4v) is 4.12. The number of hydrogen-bond donors (Lipinski definition) is 2. The number of halogens is 1. The van der Waals surface area contributed by atoms with Crippen molar-refractivity contribution in [2.75, 3.05) is 12.4 Å². The number of thioether (sulfide) groups is 1. The van der Waals surface area contributed by atoms with Crippen LogP contribution in [0, 0.1) is 19.8 Å². The summed E-state index contributed by atoms with van der Waals surface area (Å²) < 4.78 is 1.10. The molecule has 0 radical (unpaired) electrons. The number of hydrogen-bond acceptors (Lipinski definition) is 3. The average molecular weight is 372 g/mol. The first-order valence-electron chi connectivity index (χ1n) is 7.31. The van der Waals surface area contributed by atoms with Crippen molar-refractivity contribution >= 4 is 33.6 Å². The van der Waals surface area contributed by atoms with E-state index in [1.165, 1.54) is 11.1 Å². The Balaban J connectivity index is 1.88. The minimum atomic E-state index is 0.0605. The van der Waals surface area contributed by atoms with Gasteiger partial charge in [0.15, 0.2) is 0 Å². The third-order valence-electron chi connectivity index (χ3n) is 4.05. The first-order valence-corrected chi connectivity index (χ1v) is 9.09. The second-order valence-electron chi connectivity index (χ2n) is 5.70. The van der Waals surface area contributed by atoms with Crippen LogP contribution in [0.3, 0.4) is 0 Å². The molecule has 21 heavy (non-hydrogen) atoms. The lowest BCUT2D eigenvalue weighted by Gasteiger charge is -2.19. The quantitative estimate of drug-likeness (QED) is 0.779. The molecule has 5 heteroatoms. The van der Waals surface area contributed by atoms with E-state index in [2.05, 4.69) is 47.2 Å². The number of amides is 1. The van der Waals surface area contributed by atoms with E-state index in [9.17, 15) is 9.90 Å². The Labute approximate surface area is 139 Å². The summed E-state index contributed by atoms with van der Waals surface area (Å²) in [5, 5.41) is 12.4. The summed E-state index contributed by atoms with van der Waals surface area (Å²) in [5.74, 6) is 0.720. The zero-order valence-corrected chi connectivity index (χ0v) is 14.9. The van der Waals surface area contributed by atoms with Gasteiger partial charge in [-0.15, -0.1) is 11.8 Å². The van der Waals surface area contributed by atoms with Gasteiger partial charge < -0.3 is 10.4 Å². The van der Waals surface area contributed by atoms with E-state index in [1.54, 1.807) is 11.8 Å². The molecule has 0 spiro atoms. The fraction of sp³-hybridized carbons (Fsp3) is 0.562. The van der Waals surface area contributed by atoms with Gasteiger partial charge in [0, 0.05) is 27.9 Å². The molecular formula is C16H22BrNO2S. The molecule has 2 unspecified atom stereocenters. The molecule has 116 valence electrons. The monoisotopic (exact) mass is 371 g/mol. The molecule has 2 rings (SSSR count). The summed E-state index contributed by atoms with van der Waals surface area (Å²) >= 11 is 5.10. The van der Waals surface area contributed by atoms with E-state index < -0.39 is 0 Å². The van der Waals surface area contributed by atoms with E-state index in [-0.39, 0.29) is 24.5 Å². The van der Waals surface area contributed by atoms with Gasteiger partial charge in [-0.1, -0.05) is 22.4 Å². The molecule has 0 bridgehead atoms. The minimum Gasteiger partial charge on any atom is -0.396 e. The van der Waals surface area contributed by atoms with Gasteiger partial charge in [0.2, 0.25) is 5.91 Å². The highest BCUT2D eigenvalue weighted by Gasteiger charge is 2.27. The van der Waals surface area contributed by atoms with Crippen LogP contribution in [0.25, 0.3) is 0 Å². The van der Waals surface area contributed by atoms with Crippen LogP contribution in [-0.2, 0) is 4.79 Å². The number of benzene rings is 1. The summed E-state index contributed by atoms with van der Waals surface area (Å²) in [6.07, 6.45) is 3.09. The summed E-state index contributed by atoms with van der Waals surface area (Å²) in [4.78, 5) is 13.2. The first-order chi connectivity index (χ1) is 10.0. The standard InChI is InChI=1S/C16H22BrNO2S/c1-10-7-15(11(2)6-13(10)17)21-9-16(20)18-14-5-3-4-12(14)8-19/h6-7,12,14,19H,3-5,8-9H2,1-2H3,(H,18,20). The van der Waals surface area contributed by atoms with Crippen molar-refractivity contribution < 1.29 is 9.90 Å². The maximum absolute atomic E-state index is 12.1. The second kappa shape index (κ2) is 7.65. The average Bonchev–Trinajstić information content (AvgIpc) is 2.88. The highest BCUT2D eigenvalue weighted by Crippen LogP contribution is 2.29. The Morgan fingerprint density at radius 2 is 2.14 bits per heavy atom. The molecule has 0 saturated heterocycles. The number of nitrogens with one attached hydrogen (secondary N) is 1. The Hall–Kier alpha value is -0.520. The number of carbonyl (C=O) groups excluding carboxylic acids is 1. The zero-order chi connectivity index (χ0) is 15.4. The summed E-state index contributed by atoms with van der Waals surface area (Å²) in [6.45, 7) is 4.28.